The van der Waals surface area contributed by atoms with E-state index in [1.807, 2.05) is 29.3 Å². The van der Waals surface area contributed by atoms with Crippen LogP contribution in [0.3, 0.4) is 0 Å². The Hall–Kier alpha value is -3.72. The number of H-pyrrole nitrogens is 1. The van der Waals surface area contributed by atoms with E-state index in [-0.39, 0.29) is 5.91 Å². The Morgan fingerprint density at radius 1 is 1.17 bits per heavy atom. The van der Waals surface area contributed by atoms with Gasteiger partial charge in [0, 0.05) is 56.5 Å². The van der Waals surface area contributed by atoms with Crippen molar-refractivity contribution < 1.29 is 14.3 Å². The maximum atomic E-state index is 12.9. The molecule has 0 aliphatic carbocycles. The van der Waals surface area contributed by atoms with E-state index in [2.05, 4.69) is 37.5 Å². The number of methoxy groups -OCH3 is 1. The summed E-state index contributed by atoms with van der Waals surface area (Å²) in [5.74, 6) is -0.220. The number of amides is 1. The number of rotatable bonds is 6. The zero-order valence-corrected chi connectivity index (χ0v) is 19.9. The highest BCUT2D eigenvalue weighted by atomic mass is 16.5. The minimum absolute atomic E-state index is 0.220. The number of esters is 1. The van der Waals surface area contributed by atoms with Crippen LogP contribution in [-0.4, -0.2) is 77.8 Å². The predicted molar refractivity (Wildman–Crippen MR) is 135 cm³/mol. The molecular weight excluding hydrogens is 444 g/mol. The van der Waals surface area contributed by atoms with Crippen molar-refractivity contribution in [2.45, 2.75) is 25.3 Å². The van der Waals surface area contributed by atoms with Crippen LogP contribution in [0.25, 0.3) is 28.2 Å². The summed E-state index contributed by atoms with van der Waals surface area (Å²) in [5.41, 5.74) is 4.31. The van der Waals surface area contributed by atoms with Gasteiger partial charge in [0.25, 0.3) is 0 Å². The van der Waals surface area contributed by atoms with Crippen molar-refractivity contribution in [2.24, 2.45) is 0 Å². The van der Waals surface area contributed by atoms with Crippen molar-refractivity contribution in [1.82, 2.24) is 25.4 Å². The van der Waals surface area contributed by atoms with Gasteiger partial charge in [-0.05, 0) is 31.0 Å². The molecule has 1 aromatic carbocycles. The van der Waals surface area contributed by atoms with Crippen LogP contribution in [0.4, 0.5) is 5.69 Å². The number of anilines is 1. The maximum Gasteiger partial charge on any atom is 0.330 e. The zero-order chi connectivity index (χ0) is 24.2. The number of hydrogen-bond donors (Lipinski definition) is 2. The van der Waals surface area contributed by atoms with Crippen LogP contribution in [0.15, 0.2) is 42.6 Å². The van der Waals surface area contributed by atoms with Crippen molar-refractivity contribution in [3.63, 3.8) is 0 Å². The van der Waals surface area contributed by atoms with E-state index in [1.165, 1.54) is 13.2 Å². The van der Waals surface area contributed by atoms with Crippen LogP contribution >= 0.6 is 0 Å². The molecule has 35 heavy (non-hydrogen) atoms. The molecule has 9 nitrogen and oxygen atoms in total. The number of carbonyl (C=O) groups excluding carboxylic acids is 2. The Labute approximate surface area is 204 Å². The summed E-state index contributed by atoms with van der Waals surface area (Å²) >= 11 is 0. The first-order chi connectivity index (χ1) is 17.1. The summed E-state index contributed by atoms with van der Waals surface area (Å²) in [6, 6.07) is 10.4. The quantitative estimate of drug-likeness (QED) is 0.418. The highest BCUT2D eigenvalue weighted by Gasteiger charge is 2.28. The number of piperazine rings is 1. The van der Waals surface area contributed by atoms with Crippen molar-refractivity contribution >= 4 is 34.7 Å². The lowest BCUT2D eigenvalue weighted by atomic mass is 10.0. The minimum Gasteiger partial charge on any atom is -0.466 e. The third kappa shape index (κ3) is 4.90. The zero-order valence-electron chi connectivity index (χ0n) is 19.9. The molecule has 0 saturated carbocycles. The average Bonchev–Trinajstić information content (AvgIpc) is 3.57. The number of pyridine rings is 1. The van der Waals surface area contributed by atoms with Crippen LogP contribution in [-0.2, 0) is 14.3 Å². The lowest BCUT2D eigenvalue weighted by molar-refractivity contribution is -0.135. The first-order valence-electron chi connectivity index (χ1n) is 12.1. The monoisotopic (exact) mass is 474 g/mol. The third-order valence-electron chi connectivity index (χ3n) is 6.79. The van der Waals surface area contributed by atoms with Crippen LogP contribution in [0.2, 0.25) is 0 Å². The van der Waals surface area contributed by atoms with E-state index in [0.717, 1.165) is 41.6 Å². The molecule has 1 unspecified atom stereocenters. The second-order valence-corrected chi connectivity index (χ2v) is 8.94. The molecule has 0 spiro atoms. The van der Waals surface area contributed by atoms with Crippen molar-refractivity contribution in [1.29, 1.82) is 0 Å². The molecule has 1 atom stereocenters. The van der Waals surface area contributed by atoms with E-state index in [1.54, 1.807) is 6.08 Å². The molecule has 2 aliphatic rings. The Morgan fingerprint density at radius 2 is 1.97 bits per heavy atom. The number of fused-ring (bicyclic) bond motifs is 1. The largest absolute Gasteiger partial charge is 0.466 e. The van der Waals surface area contributed by atoms with E-state index in [9.17, 15) is 9.59 Å². The molecule has 1 amide bonds. The highest BCUT2D eigenvalue weighted by Crippen LogP contribution is 2.38. The molecule has 2 aliphatic heterocycles. The van der Waals surface area contributed by atoms with Gasteiger partial charge in [-0.3, -0.25) is 9.89 Å². The molecule has 4 heterocycles. The maximum absolute atomic E-state index is 12.9. The van der Waals surface area contributed by atoms with Gasteiger partial charge in [-0.25, -0.2) is 9.78 Å². The number of aromatic nitrogens is 3. The molecule has 2 N–H and O–H groups in total. The lowest BCUT2D eigenvalue weighted by Gasteiger charge is -2.37. The topological polar surface area (TPSA) is 103 Å². The number of nitrogens with one attached hydrogen (secondary N) is 2. The number of carbonyl (C=O) groups is 2. The summed E-state index contributed by atoms with van der Waals surface area (Å²) in [6.45, 7) is 3.73. The summed E-state index contributed by atoms with van der Waals surface area (Å²) in [7, 11) is 1.35. The fourth-order valence-corrected chi connectivity index (χ4v) is 4.94. The molecule has 3 aromatic rings. The molecule has 5 rings (SSSR count). The number of aromatic amines is 1. The van der Waals surface area contributed by atoms with Gasteiger partial charge >= 0.3 is 5.97 Å². The molecule has 2 saturated heterocycles. The normalized spacial score (nSPS) is 18.5. The van der Waals surface area contributed by atoms with Gasteiger partial charge in [0.2, 0.25) is 5.91 Å². The molecule has 182 valence electrons. The summed E-state index contributed by atoms with van der Waals surface area (Å²) in [4.78, 5) is 33.5. The van der Waals surface area contributed by atoms with Crippen molar-refractivity contribution in [3.8, 4) is 11.1 Å². The number of hydrogen-bond acceptors (Lipinski definition) is 7. The first kappa shape index (κ1) is 23.0. The van der Waals surface area contributed by atoms with E-state index in [0.29, 0.717) is 50.0 Å². The van der Waals surface area contributed by atoms with Crippen LogP contribution < -0.4 is 10.2 Å². The number of benzene rings is 1. The van der Waals surface area contributed by atoms with Gasteiger partial charge in [0.05, 0.1) is 23.9 Å². The smallest absolute Gasteiger partial charge is 0.330 e. The van der Waals surface area contributed by atoms with E-state index in [4.69, 9.17) is 4.74 Å². The van der Waals surface area contributed by atoms with Gasteiger partial charge in [-0.15, -0.1) is 0 Å². The Bertz CT molecular complexity index is 1220. The molecule has 0 bridgehead atoms. The number of nitrogens with zero attached hydrogens (tertiary/aromatic N) is 4. The third-order valence-corrected chi connectivity index (χ3v) is 6.79. The molecule has 2 fully saturated rings. The predicted octanol–water partition coefficient (Wildman–Crippen LogP) is 2.60. The van der Waals surface area contributed by atoms with Gasteiger partial charge in [0.15, 0.2) is 5.65 Å². The first-order valence-corrected chi connectivity index (χ1v) is 12.1. The van der Waals surface area contributed by atoms with Gasteiger partial charge in [-0.1, -0.05) is 30.3 Å². The summed E-state index contributed by atoms with van der Waals surface area (Å²) in [6.07, 6.45) is 7.69. The van der Waals surface area contributed by atoms with Gasteiger partial charge < -0.3 is 19.9 Å². The summed E-state index contributed by atoms with van der Waals surface area (Å²) < 4.78 is 4.75. The van der Waals surface area contributed by atoms with Gasteiger partial charge in [0.1, 0.15) is 0 Å². The lowest BCUT2D eigenvalue weighted by Crippen LogP contribution is -2.50. The van der Waals surface area contributed by atoms with Crippen LogP contribution in [0.5, 0.6) is 0 Å². The highest BCUT2D eigenvalue weighted by molar-refractivity contribution is 6.03. The van der Waals surface area contributed by atoms with Crippen molar-refractivity contribution in [2.75, 3.05) is 44.7 Å². The average molecular weight is 475 g/mol. The Morgan fingerprint density at radius 3 is 2.69 bits per heavy atom. The van der Waals surface area contributed by atoms with E-state index >= 15 is 0 Å². The Kier molecular flexibility index (Phi) is 6.76. The Balaban J connectivity index is 1.47. The molecular formula is C26H30N6O3. The second kappa shape index (κ2) is 10.3. The second-order valence-electron chi connectivity index (χ2n) is 8.94. The van der Waals surface area contributed by atoms with Gasteiger partial charge in [-0.2, -0.15) is 5.10 Å². The minimum atomic E-state index is -0.439. The molecule has 2 aromatic heterocycles. The fraction of sp³-hybridized carbons (Fsp3) is 0.385. The SMILES string of the molecule is COC(=O)C=Cc1[nH]nc2ncc(-c3ccccc3)c(N3CCN(C(=O)CC4CCCN4)CC3)c12. The number of ether oxygens (including phenoxy) is 1. The fourth-order valence-electron chi connectivity index (χ4n) is 4.94. The van der Waals surface area contributed by atoms with Crippen molar-refractivity contribution in [3.05, 3.63) is 48.3 Å². The molecule has 9 heteroatoms. The molecule has 0 radical (unpaired) electrons. The van der Waals surface area contributed by atoms with Crippen LogP contribution in [0.1, 0.15) is 25.0 Å². The standard InChI is InChI=1S/C26H30N6O3/c1-35-23(34)10-9-21-24-25(20(17-28-26(24)30-29-21)18-6-3-2-4-7-18)32-14-12-31(13-15-32)22(33)16-19-8-5-11-27-19/h2-4,6-7,9-10,17,19,27H,5,8,11-16H2,1H3,(H,28,29,30). The van der Waals surface area contributed by atoms with E-state index < -0.39 is 5.97 Å². The summed E-state index contributed by atoms with van der Waals surface area (Å²) in [5, 5.41) is 11.7. The van der Waals surface area contributed by atoms with Crippen LogP contribution in [0, 0.1) is 0 Å².